The van der Waals surface area contributed by atoms with Gasteiger partial charge in [0.25, 0.3) is 0 Å². The van der Waals surface area contributed by atoms with E-state index in [1.165, 1.54) is 33.4 Å². The summed E-state index contributed by atoms with van der Waals surface area (Å²) in [7, 11) is 2.12. The van der Waals surface area contributed by atoms with Crippen LogP contribution in [0.3, 0.4) is 0 Å². The molecule has 23 heavy (non-hydrogen) atoms. The van der Waals surface area contributed by atoms with E-state index in [0.717, 1.165) is 11.4 Å². The van der Waals surface area contributed by atoms with Crippen molar-refractivity contribution < 1.29 is 4.57 Å². The van der Waals surface area contributed by atoms with E-state index in [0.29, 0.717) is 0 Å². The summed E-state index contributed by atoms with van der Waals surface area (Å²) >= 11 is 0. The van der Waals surface area contributed by atoms with Crippen LogP contribution >= 0.6 is 0 Å². The lowest BCUT2D eigenvalue weighted by Crippen LogP contribution is -2.35. The minimum atomic E-state index is 1.14. The van der Waals surface area contributed by atoms with E-state index >= 15 is 0 Å². The molecule has 0 saturated heterocycles. The predicted molar refractivity (Wildman–Crippen MR) is 95.2 cm³/mol. The second kappa shape index (κ2) is 5.96. The van der Waals surface area contributed by atoms with Gasteiger partial charge in [-0.1, -0.05) is 35.9 Å². The number of hydrogen-bond acceptors (Lipinski definition) is 1. The Balaban J connectivity index is 2.25. The van der Waals surface area contributed by atoms with Gasteiger partial charge >= 0.3 is 0 Å². The Kier molecular flexibility index (Phi) is 3.99. The van der Waals surface area contributed by atoms with Crippen molar-refractivity contribution in [1.29, 1.82) is 0 Å². The lowest BCUT2D eigenvalue weighted by atomic mass is 9.97. The van der Waals surface area contributed by atoms with Gasteiger partial charge in [-0.3, -0.25) is 4.98 Å². The van der Waals surface area contributed by atoms with Crippen LogP contribution in [0, 0.1) is 27.7 Å². The van der Waals surface area contributed by atoms with Crippen LogP contribution in [-0.4, -0.2) is 4.98 Å². The first-order valence-corrected chi connectivity index (χ1v) is 7.97. The summed E-state index contributed by atoms with van der Waals surface area (Å²) in [5, 5.41) is 0. The molecule has 116 valence electrons. The number of aryl methyl sites for hydroxylation is 4. The van der Waals surface area contributed by atoms with E-state index in [9.17, 15) is 0 Å². The molecule has 2 heteroatoms. The first-order valence-electron chi connectivity index (χ1n) is 7.97. The third-order valence-corrected chi connectivity index (χ3v) is 4.47. The molecule has 1 aromatic heterocycles. The standard InChI is InChI=1S/C21H23N2/c1-14-10-16(3)21(17(4)11-14)20-13-22-12-19(23(20)5)18-9-7-6-8-15(18)2/h6-13H,1-5H3/q+1. The van der Waals surface area contributed by atoms with Gasteiger partial charge in [-0.05, 0) is 50.5 Å². The molecule has 0 saturated carbocycles. The van der Waals surface area contributed by atoms with Crippen LogP contribution in [0.1, 0.15) is 22.3 Å². The summed E-state index contributed by atoms with van der Waals surface area (Å²) in [5.74, 6) is 0. The zero-order chi connectivity index (χ0) is 16.6. The molecule has 0 atom stereocenters. The highest BCUT2D eigenvalue weighted by molar-refractivity contribution is 5.67. The fourth-order valence-electron chi connectivity index (χ4n) is 3.41. The highest BCUT2D eigenvalue weighted by Crippen LogP contribution is 2.27. The van der Waals surface area contributed by atoms with Crippen molar-refractivity contribution in [1.82, 2.24) is 4.98 Å². The van der Waals surface area contributed by atoms with E-state index < -0.39 is 0 Å². The molecule has 0 radical (unpaired) electrons. The average molecular weight is 303 g/mol. The summed E-state index contributed by atoms with van der Waals surface area (Å²) in [5.41, 5.74) is 9.95. The summed E-state index contributed by atoms with van der Waals surface area (Å²) < 4.78 is 2.25. The SMILES string of the molecule is Cc1cc(C)c(-c2cncc(-c3ccccc3C)[n+]2C)c(C)c1. The fourth-order valence-corrected chi connectivity index (χ4v) is 3.41. The monoisotopic (exact) mass is 303 g/mol. The van der Waals surface area contributed by atoms with Gasteiger partial charge in [-0.25, -0.2) is 0 Å². The van der Waals surface area contributed by atoms with Crippen molar-refractivity contribution in [2.24, 2.45) is 7.05 Å². The molecule has 0 spiro atoms. The van der Waals surface area contributed by atoms with E-state index in [1.54, 1.807) is 0 Å². The largest absolute Gasteiger partial charge is 0.251 e. The molecule has 2 aromatic carbocycles. The van der Waals surface area contributed by atoms with E-state index in [1.807, 2.05) is 12.4 Å². The van der Waals surface area contributed by atoms with Crippen molar-refractivity contribution in [3.8, 4) is 22.5 Å². The molecular formula is C21H23N2+. The van der Waals surface area contributed by atoms with Gasteiger partial charge in [0.1, 0.15) is 7.05 Å². The van der Waals surface area contributed by atoms with Crippen molar-refractivity contribution in [2.45, 2.75) is 27.7 Å². The highest BCUT2D eigenvalue weighted by atomic mass is 15.0. The molecule has 1 heterocycles. The van der Waals surface area contributed by atoms with Gasteiger partial charge < -0.3 is 0 Å². The number of rotatable bonds is 2. The Morgan fingerprint density at radius 2 is 1.39 bits per heavy atom. The number of nitrogens with zero attached hydrogens (tertiary/aromatic N) is 2. The van der Waals surface area contributed by atoms with E-state index in [2.05, 4.69) is 80.7 Å². The normalized spacial score (nSPS) is 10.8. The smallest absolute Gasteiger partial charge is 0.231 e. The van der Waals surface area contributed by atoms with Crippen LogP contribution in [-0.2, 0) is 7.05 Å². The van der Waals surface area contributed by atoms with Gasteiger partial charge in [0, 0.05) is 0 Å². The molecule has 2 nitrogen and oxygen atoms in total. The Labute approximate surface area is 138 Å². The predicted octanol–water partition coefficient (Wildman–Crippen LogP) is 4.47. The first-order chi connectivity index (χ1) is 11.0. The van der Waals surface area contributed by atoms with Gasteiger partial charge in [0.05, 0.1) is 23.5 Å². The van der Waals surface area contributed by atoms with Gasteiger partial charge in [-0.2, -0.15) is 4.57 Å². The number of hydrogen-bond donors (Lipinski definition) is 0. The van der Waals surface area contributed by atoms with E-state index in [-0.39, 0.29) is 0 Å². The molecule has 0 aliphatic rings. The van der Waals surface area contributed by atoms with Crippen molar-refractivity contribution in [3.05, 3.63) is 71.0 Å². The third kappa shape index (κ3) is 2.77. The summed E-state index contributed by atoms with van der Waals surface area (Å²) in [6, 6.07) is 12.9. The maximum Gasteiger partial charge on any atom is 0.231 e. The minimum absolute atomic E-state index is 1.14. The molecule has 0 aliphatic heterocycles. The van der Waals surface area contributed by atoms with Crippen molar-refractivity contribution in [2.75, 3.05) is 0 Å². The average Bonchev–Trinajstić information content (AvgIpc) is 2.49. The molecule has 0 amide bonds. The van der Waals surface area contributed by atoms with Crippen molar-refractivity contribution in [3.63, 3.8) is 0 Å². The zero-order valence-corrected chi connectivity index (χ0v) is 14.5. The van der Waals surface area contributed by atoms with Crippen LogP contribution in [0.25, 0.3) is 22.5 Å². The van der Waals surface area contributed by atoms with Gasteiger partial charge in [0.2, 0.25) is 11.4 Å². The van der Waals surface area contributed by atoms with E-state index in [4.69, 9.17) is 0 Å². The Bertz CT molecular complexity index is 856. The summed E-state index contributed by atoms with van der Waals surface area (Å²) in [6.07, 6.45) is 3.91. The number of benzene rings is 2. The Morgan fingerprint density at radius 3 is 2.04 bits per heavy atom. The molecule has 0 fully saturated rings. The summed E-state index contributed by atoms with van der Waals surface area (Å²) in [6.45, 7) is 8.64. The molecular weight excluding hydrogens is 280 g/mol. The van der Waals surface area contributed by atoms with Crippen LogP contribution in [0.15, 0.2) is 48.8 Å². The molecule has 0 N–H and O–H groups in total. The van der Waals surface area contributed by atoms with Crippen LogP contribution in [0.2, 0.25) is 0 Å². The van der Waals surface area contributed by atoms with Crippen LogP contribution in [0.4, 0.5) is 0 Å². The Morgan fingerprint density at radius 1 is 0.783 bits per heavy atom. The molecule has 3 rings (SSSR count). The Hall–Kier alpha value is -2.48. The zero-order valence-electron chi connectivity index (χ0n) is 14.5. The molecule has 0 bridgehead atoms. The highest BCUT2D eigenvalue weighted by Gasteiger charge is 2.21. The lowest BCUT2D eigenvalue weighted by molar-refractivity contribution is -0.649. The number of aromatic nitrogens is 2. The quantitative estimate of drug-likeness (QED) is 0.638. The lowest BCUT2D eigenvalue weighted by Gasteiger charge is -2.11. The van der Waals surface area contributed by atoms with Gasteiger partial charge in [-0.15, -0.1) is 0 Å². The second-order valence-electron chi connectivity index (χ2n) is 6.33. The van der Waals surface area contributed by atoms with Crippen LogP contribution in [0.5, 0.6) is 0 Å². The maximum absolute atomic E-state index is 4.52. The third-order valence-electron chi connectivity index (χ3n) is 4.47. The van der Waals surface area contributed by atoms with Crippen molar-refractivity contribution >= 4 is 0 Å². The fraction of sp³-hybridized carbons (Fsp3) is 0.238. The maximum atomic E-state index is 4.52. The molecule has 0 aliphatic carbocycles. The first kappa shape index (κ1) is 15.4. The summed E-state index contributed by atoms with van der Waals surface area (Å²) in [4.78, 5) is 4.52. The van der Waals surface area contributed by atoms with Gasteiger partial charge in [0.15, 0.2) is 0 Å². The second-order valence-corrected chi connectivity index (χ2v) is 6.33. The molecule has 0 unspecified atom stereocenters. The van der Waals surface area contributed by atoms with Crippen LogP contribution < -0.4 is 4.57 Å². The molecule has 3 aromatic rings. The topological polar surface area (TPSA) is 16.8 Å². The minimum Gasteiger partial charge on any atom is -0.251 e.